The number of nitrogens with two attached hydrogens (primary N) is 1. The zero-order valence-corrected chi connectivity index (χ0v) is 7.72. The second-order valence-electron chi connectivity index (χ2n) is 2.82. The number of anilines is 1. The molecule has 0 saturated heterocycles. The van der Waals surface area contributed by atoms with Crippen LogP contribution < -0.4 is 10.5 Å². The van der Waals surface area contributed by atoms with Gasteiger partial charge >= 0.3 is 6.01 Å². The molecule has 0 bridgehead atoms. The number of nitrogen functional groups attached to an aromatic ring is 1. The maximum Gasteiger partial charge on any atom is 0.323 e. The normalized spacial score (nSPS) is 9.93. The zero-order valence-electron chi connectivity index (χ0n) is 7.72. The SMILES string of the molecule is Nc1ccnc(Oc2ccc(F)cc2)n1. The van der Waals surface area contributed by atoms with Gasteiger partial charge in [0.2, 0.25) is 0 Å². The van der Waals surface area contributed by atoms with E-state index in [0.29, 0.717) is 11.6 Å². The van der Waals surface area contributed by atoms with Gasteiger partial charge in [0.05, 0.1) is 0 Å². The van der Waals surface area contributed by atoms with E-state index < -0.39 is 0 Å². The van der Waals surface area contributed by atoms with Crippen molar-refractivity contribution in [3.63, 3.8) is 0 Å². The van der Waals surface area contributed by atoms with Crippen molar-refractivity contribution >= 4 is 5.82 Å². The van der Waals surface area contributed by atoms with Crippen LogP contribution in [0, 0.1) is 5.82 Å². The lowest BCUT2D eigenvalue weighted by Crippen LogP contribution is -1.95. The van der Waals surface area contributed by atoms with Crippen molar-refractivity contribution in [2.45, 2.75) is 0 Å². The number of rotatable bonds is 2. The predicted octanol–water partition coefficient (Wildman–Crippen LogP) is 1.99. The molecular weight excluding hydrogens is 197 g/mol. The first-order valence-corrected chi connectivity index (χ1v) is 4.26. The van der Waals surface area contributed by atoms with Crippen molar-refractivity contribution in [1.82, 2.24) is 9.97 Å². The molecule has 1 aromatic heterocycles. The Morgan fingerprint density at radius 2 is 1.87 bits per heavy atom. The highest BCUT2D eigenvalue weighted by molar-refractivity contribution is 5.29. The second-order valence-corrected chi connectivity index (χ2v) is 2.82. The van der Waals surface area contributed by atoms with Gasteiger partial charge in [0.1, 0.15) is 17.4 Å². The third kappa shape index (κ3) is 2.40. The number of ether oxygens (including phenoxy) is 1. The average Bonchev–Trinajstić information content (AvgIpc) is 2.22. The maximum absolute atomic E-state index is 12.6. The zero-order chi connectivity index (χ0) is 10.7. The van der Waals surface area contributed by atoms with E-state index in [0.717, 1.165) is 0 Å². The van der Waals surface area contributed by atoms with Crippen LogP contribution >= 0.6 is 0 Å². The van der Waals surface area contributed by atoms with E-state index in [-0.39, 0.29) is 11.8 Å². The molecule has 0 saturated carbocycles. The van der Waals surface area contributed by atoms with E-state index in [1.807, 2.05) is 0 Å². The van der Waals surface area contributed by atoms with Crippen LogP contribution in [0.4, 0.5) is 10.2 Å². The summed E-state index contributed by atoms with van der Waals surface area (Å²) in [4.78, 5) is 7.69. The summed E-state index contributed by atoms with van der Waals surface area (Å²) in [6.07, 6.45) is 1.49. The summed E-state index contributed by atoms with van der Waals surface area (Å²) >= 11 is 0. The minimum absolute atomic E-state index is 0.140. The van der Waals surface area contributed by atoms with Gasteiger partial charge in [0.25, 0.3) is 0 Å². The highest BCUT2D eigenvalue weighted by Crippen LogP contribution is 2.17. The van der Waals surface area contributed by atoms with E-state index in [2.05, 4.69) is 9.97 Å². The number of aromatic nitrogens is 2. The molecule has 5 heteroatoms. The van der Waals surface area contributed by atoms with Crippen molar-refractivity contribution in [2.75, 3.05) is 5.73 Å². The fraction of sp³-hybridized carbons (Fsp3) is 0. The van der Waals surface area contributed by atoms with Gasteiger partial charge in [0.15, 0.2) is 0 Å². The van der Waals surface area contributed by atoms with Crippen molar-refractivity contribution in [3.8, 4) is 11.8 Å². The summed E-state index contributed by atoms with van der Waals surface area (Å²) in [5, 5.41) is 0. The molecule has 0 aliphatic carbocycles. The molecule has 76 valence electrons. The predicted molar refractivity (Wildman–Crippen MR) is 52.9 cm³/mol. The molecule has 4 nitrogen and oxygen atoms in total. The largest absolute Gasteiger partial charge is 0.424 e. The van der Waals surface area contributed by atoms with Gasteiger partial charge in [-0.1, -0.05) is 0 Å². The van der Waals surface area contributed by atoms with Crippen molar-refractivity contribution < 1.29 is 9.13 Å². The lowest BCUT2D eigenvalue weighted by molar-refractivity contribution is 0.441. The van der Waals surface area contributed by atoms with Crippen LogP contribution in [0.3, 0.4) is 0 Å². The Balaban J connectivity index is 2.18. The number of nitrogens with zero attached hydrogens (tertiary/aromatic N) is 2. The van der Waals surface area contributed by atoms with Gasteiger partial charge in [-0.15, -0.1) is 0 Å². The standard InChI is InChI=1S/C10H8FN3O/c11-7-1-3-8(4-2-7)15-10-13-6-5-9(12)14-10/h1-6H,(H2,12,13,14). The molecule has 0 aliphatic rings. The third-order valence-electron chi connectivity index (χ3n) is 1.68. The van der Waals surface area contributed by atoms with E-state index in [1.54, 1.807) is 6.07 Å². The van der Waals surface area contributed by atoms with Gasteiger partial charge in [-0.25, -0.2) is 9.37 Å². The Hall–Kier alpha value is -2.17. The smallest absolute Gasteiger partial charge is 0.323 e. The van der Waals surface area contributed by atoms with Crippen molar-refractivity contribution in [1.29, 1.82) is 0 Å². The molecule has 0 unspecified atom stereocenters. The summed E-state index contributed by atoms with van der Waals surface area (Å²) in [5.41, 5.74) is 5.45. The molecular formula is C10H8FN3O. The molecule has 1 heterocycles. The fourth-order valence-electron chi connectivity index (χ4n) is 1.01. The molecule has 15 heavy (non-hydrogen) atoms. The summed E-state index contributed by atoms with van der Waals surface area (Å²) in [7, 11) is 0. The molecule has 0 amide bonds. The van der Waals surface area contributed by atoms with Gasteiger partial charge in [-0.05, 0) is 30.3 Å². The number of hydrogen-bond acceptors (Lipinski definition) is 4. The highest BCUT2D eigenvalue weighted by atomic mass is 19.1. The van der Waals surface area contributed by atoms with Gasteiger partial charge in [-0.3, -0.25) is 0 Å². The van der Waals surface area contributed by atoms with Crippen molar-refractivity contribution in [2.24, 2.45) is 0 Å². The molecule has 0 atom stereocenters. The lowest BCUT2D eigenvalue weighted by atomic mass is 10.3. The summed E-state index contributed by atoms with van der Waals surface area (Å²) < 4.78 is 17.8. The summed E-state index contributed by atoms with van der Waals surface area (Å²) in [5.74, 6) is 0.458. The van der Waals surface area contributed by atoms with E-state index in [1.165, 1.54) is 30.5 Å². The third-order valence-corrected chi connectivity index (χ3v) is 1.68. The minimum Gasteiger partial charge on any atom is -0.424 e. The van der Waals surface area contributed by atoms with E-state index >= 15 is 0 Å². The molecule has 2 aromatic rings. The van der Waals surface area contributed by atoms with Crippen LogP contribution in [0.2, 0.25) is 0 Å². The quantitative estimate of drug-likeness (QED) is 0.814. The molecule has 0 fully saturated rings. The van der Waals surface area contributed by atoms with Gasteiger partial charge in [0, 0.05) is 6.20 Å². The number of benzene rings is 1. The number of hydrogen-bond donors (Lipinski definition) is 1. The Bertz CT molecular complexity index is 458. The number of halogens is 1. The van der Waals surface area contributed by atoms with Crippen LogP contribution in [0.15, 0.2) is 36.5 Å². The van der Waals surface area contributed by atoms with Crippen LogP contribution in [0.5, 0.6) is 11.8 Å². The first-order chi connectivity index (χ1) is 7.24. The molecule has 0 aliphatic heterocycles. The average molecular weight is 205 g/mol. The summed E-state index contributed by atoms with van der Waals surface area (Å²) in [6, 6.07) is 7.26. The second kappa shape index (κ2) is 3.91. The van der Waals surface area contributed by atoms with Crippen molar-refractivity contribution in [3.05, 3.63) is 42.3 Å². The molecule has 0 spiro atoms. The fourth-order valence-corrected chi connectivity index (χ4v) is 1.01. The van der Waals surface area contributed by atoms with E-state index in [9.17, 15) is 4.39 Å². The van der Waals surface area contributed by atoms with Crippen LogP contribution in [-0.4, -0.2) is 9.97 Å². The monoisotopic (exact) mass is 205 g/mol. The Labute approximate surface area is 85.5 Å². The first-order valence-electron chi connectivity index (χ1n) is 4.26. The van der Waals surface area contributed by atoms with Crippen LogP contribution in [0.25, 0.3) is 0 Å². The molecule has 2 rings (SSSR count). The van der Waals surface area contributed by atoms with Gasteiger partial charge < -0.3 is 10.5 Å². The molecule has 2 N–H and O–H groups in total. The topological polar surface area (TPSA) is 61.0 Å². The van der Waals surface area contributed by atoms with Crippen LogP contribution in [0.1, 0.15) is 0 Å². The van der Waals surface area contributed by atoms with Gasteiger partial charge in [-0.2, -0.15) is 4.98 Å². The minimum atomic E-state index is -0.323. The Morgan fingerprint density at radius 1 is 1.13 bits per heavy atom. The van der Waals surface area contributed by atoms with Crippen LogP contribution in [-0.2, 0) is 0 Å². The molecule has 1 aromatic carbocycles. The highest BCUT2D eigenvalue weighted by Gasteiger charge is 2.00. The summed E-state index contributed by atoms with van der Waals surface area (Å²) in [6.45, 7) is 0. The lowest BCUT2D eigenvalue weighted by Gasteiger charge is -2.02. The first kappa shape index (κ1) is 9.39. The van der Waals surface area contributed by atoms with E-state index in [4.69, 9.17) is 10.5 Å². The maximum atomic E-state index is 12.6. The Morgan fingerprint density at radius 3 is 2.53 bits per heavy atom. The molecule has 0 radical (unpaired) electrons. The Kier molecular flexibility index (Phi) is 2.45.